The van der Waals surface area contributed by atoms with Gasteiger partial charge >= 0.3 is 0 Å². The number of ether oxygens (including phenoxy) is 2. The zero-order chi connectivity index (χ0) is 26.2. The van der Waals surface area contributed by atoms with E-state index in [1.54, 1.807) is 32.4 Å². The van der Waals surface area contributed by atoms with Gasteiger partial charge in [0, 0.05) is 25.1 Å². The number of aliphatic hydroxyl groups is 1. The molecule has 0 fully saturated rings. The summed E-state index contributed by atoms with van der Waals surface area (Å²) >= 11 is 0. The number of carbonyl (C=O) groups excluding carboxylic acids is 1. The number of methoxy groups -OCH3 is 1. The molecule has 194 valence electrons. The number of amides is 1. The number of rotatable bonds is 7. The van der Waals surface area contributed by atoms with Crippen molar-refractivity contribution in [2.24, 2.45) is 5.73 Å². The van der Waals surface area contributed by atoms with Crippen LogP contribution in [-0.2, 0) is 11.4 Å². The first-order chi connectivity index (χ1) is 15.4. The summed E-state index contributed by atoms with van der Waals surface area (Å²) in [5, 5.41) is 11.6. The molecule has 0 unspecified atom stereocenters. The zero-order valence-electron chi connectivity index (χ0n) is 23.1. The minimum atomic E-state index is -0.0693. The first-order valence-electron chi connectivity index (χ1n) is 12.1. The van der Waals surface area contributed by atoms with Crippen molar-refractivity contribution in [3.8, 4) is 11.5 Å². The van der Waals surface area contributed by atoms with Crippen LogP contribution in [0.2, 0.25) is 0 Å². The molecular formula is C26H56N2O4. The van der Waals surface area contributed by atoms with Gasteiger partial charge in [0.05, 0.1) is 20.3 Å². The van der Waals surface area contributed by atoms with Gasteiger partial charge in [-0.15, -0.1) is 0 Å². The average molecular weight is 461 g/mol. The summed E-state index contributed by atoms with van der Waals surface area (Å²) in [5.41, 5.74) is 5.22. The molecule has 6 nitrogen and oxygen atoms in total. The smallest absolute Gasteiger partial charge is 0.219 e. The lowest BCUT2D eigenvalue weighted by Gasteiger charge is -2.10. The monoisotopic (exact) mass is 460 g/mol. The van der Waals surface area contributed by atoms with Crippen molar-refractivity contribution >= 4 is 5.91 Å². The molecule has 0 saturated carbocycles. The second kappa shape index (κ2) is 39.7. The third-order valence-corrected chi connectivity index (χ3v) is 2.52. The van der Waals surface area contributed by atoms with Crippen molar-refractivity contribution < 1.29 is 19.4 Å². The van der Waals surface area contributed by atoms with Crippen LogP contribution in [-0.4, -0.2) is 38.8 Å². The third kappa shape index (κ3) is 35.6. The van der Waals surface area contributed by atoms with Crippen molar-refractivity contribution in [1.82, 2.24) is 5.32 Å². The largest absolute Gasteiger partial charge is 0.496 e. The summed E-state index contributed by atoms with van der Waals surface area (Å²) in [7, 11) is 4.66. The molecule has 0 radical (unpaired) electrons. The van der Waals surface area contributed by atoms with E-state index < -0.39 is 0 Å². The van der Waals surface area contributed by atoms with Gasteiger partial charge in [0.2, 0.25) is 5.91 Å². The highest BCUT2D eigenvalue weighted by Crippen LogP contribution is 2.24. The number of benzene rings is 1. The number of nitrogens with two attached hydrogens (primary N) is 1. The fraction of sp³-hybridized carbons (Fsp3) is 0.731. The second-order valence-corrected chi connectivity index (χ2v) is 6.59. The van der Waals surface area contributed by atoms with Gasteiger partial charge in [0.15, 0.2) is 0 Å². The molecule has 0 aromatic heterocycles. The topological polar surface area (TPSA) is 93.8 Å². The highest BCUT2D eigenvalue weighted by atomic mass is 16.5. The molecule has 0 aliphatic heterocycles. The Bertz CT molecular complexity index is 447. The van der Waals surface area contributed by atoms with Crippen molar-refractivity contribution in [2.45, 2.75) is 101 Å². The van der Waals surface area contributed by atoms with E-state index >= 15 is 0 Å². The minimum absolute atomic E-state index is 0.00630. The number of nitrogens with one attached hydrogen (secondary N) is 1. The van der Waals surface area contributed by atoms with Crippen LogP contribution in [0.15, 0.2) is 18.2 Å². The normalized spacial score (nSPS) is 8.03. The Morgan fingerprint density at radius 2 is 1.38 bits per heavy atom. The molecule has 0 heterocycles. The first-order valence-corrected chi connectivity index (χ1v) is 12.1. The Kier molecular flexibility index (Phi) is 50.3. The Hall–Kier alpha value is -1.79. The third-order valence-electron chi connectivity index (χ3n) is 2.52. The van der Waals surface area contributed by atoms with Crippen LogP contribution in [0.1, 0.15) is 99.5 Å². The number of carbonyl (C=O) groups is 1. The van der Waals surface area contributed by atoms with Gasteiger partial charge in [-0.3, -0.25) is 4.79 Å². The van der Waals surface area contributed by atoms with Crippen molar-refractivity contribution in [1.29, 1.82) is 0 Å². The lowest BCUT2D eigenvalue weighted by atomic mass is 10.2. The van der Waals surface area contributed by atoms with E-state index in [0.717, 1.165) is 5.56 Å². The van der Waals surface area contributed by atoms with Crippen molar-refractivity contribution in [3.63, 3.8) is 0 Å². The lowest BCUT2D eigenvalue weighted by Crippen LogP contribution is -2.18. The second-order valence-electron chi connectivity index (χ2n) is 6.59. The van der Waals surface area contributed by atoms with E-state index in [0.29, 0.717) is 30.9 Å². The summed E-state index contributed by atoms with van der Waals surface area (Å²) in [6, 6.07) is 5.26. The first kappa shape index (κ1) is 40.6. The minimum Gasteiger partial charge on any atom is -0.496 e. The molecule has 32 heavy (non-hydrogen) atoms. The summed E-state index contributed by atoms with van der Waals surface area (Å²) < 4.78 is 10.6. The van der Waals surface area contributed by atoms with Crippen LogP contribution >= 0.6 is 0 Å². The maximum atomic E-state index is 11.0. The SMILES string of the molecule is CCC.CCC.CCC.CCC.CN.CNC(=O)CCCOc1ccc(CO)c(OC)c1. The quantitative estimate of drug-likeness (QED) is 0.413. The van der Waals surface area contributed by atoms with Crippen molar-refractivity contribution in [2.75, 3.05) is 27.8 Å². The molecule has 6 heteroatoms. The Labute approximate surface area is 200 Å². The molecule has 1 aromatic rings. The van der Waals surface area contributed by atoms with Gasteiger partial charge in [-0.25, -0.2) is 0 Å². The molecule has 0 aliphatic rings. The summed E-state index contributed by atoms with van der Waals surface area (Å²) in [6.07, 6.45) is 6.10. The van der Waals surface area contributed by atoms with Crippen LogP contribution in [0.4, 0.5) is 0 Å². The Morgan fingerprint density at radius 1 is 0.938 bits per heavy atom. The van der Waals surface area contributed by atoms with E-state index in [4.69, 9.17) is 14.6 Å². The standard InChI is InChI=1S/C13H19NO4.4C3H8.CH5N/c1-14-13(16)4-3-7-18-11-6-5-10(9-15)12(8-11)17-2;4*1-3-2;1-2/h5-6,8,15H,3-4,7,9H2,1-2H3,(H,14,16);4*3H2,1-2H3;2H2,1H3. The highest BCUT2D eigenvalue weighted by Gasteiger charge is 2.04. The zero-order valence-corrected chi connectivity index (χ0v) is 23.1. The van der Waals surface area contributed by atoms with Gasteiger partial charge in [-0.1, -0.05) is 81.1 Å². The Balaban J connectivity index is -0.000000144. The molecule has 0 spiro atoms. The molecule has 0 bridgehead atoms. The van der Waals surface area contributed by atoms with Crippen LogP contribution in [0, 0.1) is 0 Å². The van der Waals surface area contributed by atoms with Gasteiger partial charge in [-0.05, 0) is 25.6 Å². The summed E-state index contributed by atoms with van der Waals surface area (Å²) in [6.45, 7) is 17.4. The maximum absolute atomic E-state index is 11.0. The van der Waals surface area contributed by atoms with Crippen molar-refractivity contribution in [3.05, 3.63) is 23.8 Å². The van der Waals surface area contributed by atoms with Gasteiger partial charge in [-0.2, -0.15) is 0 Å². The molecular weight excluding hydrogens is 404 g/mol. The van der Waals surface area contributed by atoms with Crippen LogP contribution < -0.4 is 20.5 Å². The highest BCUT2D eigenvalue weighted by molar-refractivity contribution is 5.75. The number of hydrogen-bond donors (Lipinski definition) is 3. The molecule has 0 aliphatic carbocycles. The average Bonchev–Trinajstić information content (AvgIpc) is 2.80. The van der Waals surface area contributed by atoms with Gasteiger partial charge < -0.3 is 25.6 Å². The molecule has 1 amide bonds. The molecule has 0 saturated heterocycles. The predicted octanol–water partition coefficient (Wildman–Crippen LogP) is 6.33. The number of hydrogen-bond acceptors (Lipinski definition) is 5. The summed E-state index contributed by atoms with van der Waals surface area (Å²) in [4.78, 5) is 11.0. The number of aliphatic hydroxyl groups excluding tert-OH is 1. The van der Waals surface area contributed by atoms with E-state index in [2.05, 4.69) is 66.4 Å². The molecule has 1 rings (SSSR count). The fourth-order valence-electron chi connectivity index (χ4n) is 1.49. The Morgan fingerprint density at radius 3 is 1.72 bits per heavy atom. The van der Waals surface area contributed by atoms with Gasteiger partial charge in [0.25, 0.3) is 0 Å². The van der Waals surface area contributed by atoms with Crippen LogP contribution in [0.5, 0.6) is 11.5 Å². The fourth-order valence-corrected chi connectivity index (χ4v) is 1.49. The lowest BCUT2D eigenvalue weighted by molar-refractivity contribution is -0.120. The van der Waals surface area contributed by atoms with E-state index in [1.807, 2.05) is 0 Å². The van der Waals surface area contributed by atoms with Crippen LogP contribution in [0.3, 0.4) is 0 Å². The maximum Gasteiger partial charge on any atom is 0.219 e. The molecule has 0 atom stereocenters. The van der Waals surface area contributed by atoms with Gasteiger partial charge in [0.1, 0.15) is 11.5 Å². The summed E-state index contributed by atoms with van der Waals surface area (Å²) in [5.74, 6) is 1.27. The van der Waals surface area contributed by atoms with E-state index in [9.17, 15) is 4.79 Å². The van der Waals surface area contributed by atoms with E-state index in [1.165, 1.54) is 32.7 Å². The predicted molar refractivity (Wildman–Crippen MR) is 142 cm³/mol. The molecule has 4 N–H and O–H groups in total. The molecule has 1 aromatic carbocycles. The van der Waals surface area contributed by atoms with Crippen LogP contribution in [0.25, 0.3) is 0 Å². The van der Waals surface area contributed by atoms with E-state index in [-0.39, 0.29) is 12.5 Å².